The molecule has 0 bridgehead atoms. The van der Waals surface area contributed by atoms with Gasteiger partial charge in [-0.1, -0.05) is 11.6 Å². The number of hydrogen-bond donors (Lipinski definition) is 2. The number of carbonyl (C=O) groups excluding carboxylic acids is 3. The van der Waals surface area contributed by atoms with Crippen LogP contribution in [0.4, 0.5) is 5.69 Å². The van der Waals surface area contributed by atoms with E-state index in [4.69, 9.17) is 16.3 Å². The number of benzene rings is 2. The fourth-order valence-corrected chi connectivity index (χ4v) is 3.27. The molecule has 0 aliphatic carbocycles. The van der Waals surface area contributed by atoms with Crippen LogP contribution in [0.25, 0.3) is 0 Å². The van der Waals surface area contributed by atoms with Gasteiger partial charge in [-0.15, -0.1) is 0 Å². The van der Waals surface area contributed by atoms with Gasteiger partial charge in [0.05, 0.1) is 31.8 Å². The van der Waals surface area contributed by atoms with Crippen LogP contribution < -0.4 is 20.3 Å². The molecule has 152 valence electrons. The molecule has 1 heterocycles. The molecular weight excluding hydrogens is 394 g/mol. The maximum Gasteiger partial charge on any atom is 0.292 e. The van der Waals surface area contributed by atoms with Gasteiger partial charge >= 0.3 is 0 Å². The highest BCUT2D eigenvalue weighted by atomic mass is 35.5. The van der Waals surface area contributed by atoms with Crippen LogP contribution >= 0.6 is 11.6 Å². The molecule has 3 amide bonds. The van der Waals surface area contributed by atoms with Crippen LogP contribution in [-0.2, 0) is 9.59 Å². The first kappa shape index (κ1) is 20.8. The molecule has 1 aliphatic heterocycles. The van der Waals surface area contributed by atoms with Crippen molar-refractivity contribution >= 4 is 35.0 Å². The topological polar surface area (TPSA) is 92.3 Å². The SMILES string of the molecule is CCOc1ccc(N2C(=O)C[C@H]([NH2+]CCNC(=O)c3ccc(Cl)cc3)C2=O)cc1. The summed E-state index contributed by atoms with van der Waals surface area (Å²) < 4.78 is 5.39. The standard InChI is InChI=1S/C21H22ClN3O4/c1-2-29-17-9-7-16(8-10-17)25-19(26)13-18(21(25)28)23-11-12-24-20(27)14-3-5-15(22)6-4-14/h3-10,18,23H,2,11-13H2,1H3,(H,24,27)/p+1/t18-/m0/s1. The smallest absolute Gasteiger partial charge is 0.292 e. The Kier molecular flexibility index (Phi) is 6.85. The van der Waals surface area contributed by atoms with Gasteiger partial charge in [0.15, 0.2) is 6.04 Å². The maximum absolute atomic E-state index is 12.7. The van der Waals surface area contributed by atoms with Crippen molar-refractivity contribution in [2.75, 3.05) is 24.6 Å². The van der Waals surface area contributed by atoms with E-state index >= 15 is 0 Å². The highest BCUT2D eigenvalue weighted by molar-refractivity contribution is 6.30. The zero-order chi connectivity index (χ0) is 20.8. The summed E-state index contributed by atoms with van der Waals surface area (Å²) in [5.74, 6) is 0.00332. The van der Waals surface area contributed by atoms with Crippen LogP contribution in [0.15, 0.2) is 48.5 Å². The summed E-state index contributed by atoms with van der Waals surface area (Å²) in [6, 6.07) is 13.0. The van der Waals surface area contributed by atoms with E-state index in [9.17, 15) is 14.4 Å². The number of anilines is 1. The summed E-state index contributed by atoms with van der Waals surface area (Å²) in [6.45, 7) is 3.30. The lowest BCUT2D eigenvalue weighted by Gasteiger charge is -2.15. The molecule has 2 aromatic rings. The Balaban J connectivity index is 1.49. The molecule has 8 heteroatoms. The Bertz CT molecular complexity index is 884. The summed E-state index contributed by atoms with van der Waals surface area (Å²) in [6.07, 6.45) is 0.136. The molecule has 1 fully saturated rings. The van der Waals surface area contributed by atoms with Gasteiger partial charge in [0.1, 0.15) is 5.75 Å². The zero-order valence-corrected chi connectivity index (χ0v) is 16.8. The van der Waals surface area contributed by atoms with E-state index in [-0.39, 0.29) is 24.1 Å². The molecule has 0 aromatic heterocycles. The molecule has 0 spiro atoms. The monoisotopic (exact) mass is 416 g/mol. The highest BCUT2D eigenvalue weighted by Gasteiger charge is 2.42. The number of carbonyl (C=O) groups is 3. The van der Waals surface area contributed by atoms with Crippen LogP contribution in [0.2, 0.25) is 5.02 Å². The third-order valence-electron chi connectivity index (χ3n) is 4.57. The Morgan fingerprint density at radius 1 is 1.17 bits per heavy atom. The quantitative estimate of drug-likeness (QED) is 0.502. The summed E-state index contributed by atoms with van der Waals surface area (Å²) in [4.78, 5) is 38.3. The van der Waals surface area contributed by atoms with Crippen LogP contribution in [0.1, 0.15) is 23.7 Å². The number of hydrogen-bond acceptors (Lipinski definition) is 4. The number of rotatable bonds is 8. The average molecular weight is 417 g/mol. The van der Waals surface area contributed by atoms with Crippen LogP contribution in [0.5, 0.6) is 5.75 Å². The fourth-order valence-electron chi connectivity index (χ4n) is 3.14. The van der Waals surface area contributed by atoms with Gasteiger partial charge in [-0.25, -0.2) is 4.90 Å². The molecule has 29 heavy (non-hydrogen) atoms. The first-order valence-electron chi connectivity index (χ1n) is 9.46. The second-order valence-corrected chi connectivity index (χ2v) is 7.03. The van der Waals surface area contributed by atoms with Crippen LogP contribution in [0, 0.1) is 0 Å². The number of ether oxygens (including phenoxy) is 1. The lowest BCUT2D eigenvalue weighted by atomic mass is 10.2. The molecular formula is C21H23ClN3O4+. The predicted octanol–water partition coefficient (Wildman–Crippen LogP) is 1.36. The molecule has 1 atom stereocenters. The predicted molar refractivity (Wildman–Crippen MR) is 109 cm³/mol. The Hall–Kier alpha value is -2.90. The Morgan fingerprint density at radius 2 is 1.86 bits per heavy atom. The summed E-state index contributed by atoms with van der Waals surface area (Å²) in [5.41, 5.74) is 1.05. The molecule has 2 aromatic carbocycles. The minimum absolute atomic E-state index is 0.136. The third kappa shape index (κ3) is 5.13. The minimum atomic E-state index is -0.485. The van der Waals surface area contributed by atoms with Gasteiger partial charge in [-0.3, -0.25) is 14.4 Å². The summed E-state index contributed by atoms with van der Waals surface area (Å²) >= 11 is 5.81. The van der Waals surface area contributed by atoms with Gasteiger partial charge < -0.3 is 15.4 Å². The number of nitrogens with zero attached hydrogens (tertiary/aromatic N) is 1. The van der Waals surface area contributed by atoms with Crippen molar-refractivity contribution in [3.8, 4) is 5.75 Å². The van der Waals surface area contributed by atoms with Crippen LogP contribution in [0.3, 0.4) is 0 Å². The number of amides is 3. The number of quaternary nitrogens is 1. The third-order valence-corrected chi connectivity index (χ3v) is 4.83. The van der Waals surface area contributed by atoms with Crippen molar-refractivity contribution in [1.82, 2.24) is 5.32 Å². The minimum Gasteiger partial charge on any atom is -0.494 e. The van der Waals surface area contributed by atoms with Crippen molar-refractivity contribution in [1.29, 1.82) is 0 Å². The second-order valence-electron chi connectivity index (χ2n) is 6.59. The first-order valence-corrected chi connectivity index (χ1v) is 9.84. The highest BCUT2D eigenvalue weighted by Crippen LogP contribution is 2.24. The van der Waals surface area contributed by atoms with Crippen LogP contribution in [-0.4, -0.2) is 43.5 Å². The molecule has 7 nitrogen and oxygen atoms in total. The molecule has 0 saturated carbocycles. The lowest BCUT2D eigenvalue weighted by molar-refractivity contribution is -0.672. The number of nitrogens with one attached hydrogen (secondary N) is 1. The number of nitrogens with two attached hydrogens (primary N) is 1. The van der Waals surface area contributed by atoms with E-state index < -0.39 is 6.04 Å². The van der Waals surface area contributed by atoms with Crippen molar-refractivity contribution in [2.45, 2.75) is 19.4 Å². The number of imide groups is 1. The Labute approximate surface area is 174 Å². The lowest BCUT2D eigenvalue weighted by Crippen LogP contribution is -2.92. The van der Waals surface area contributed by atoms with E-state index in [0.29, 0.717) is 41.7 Å². The van der Waals surface area contributed by atoms with Gasteiger partial charge in [0, 0.05) is 10.6 Å². The van der Waals surface area contributed by atoms with Gasteiger partial charge in [0.25, 0.3) is 11.8 Å². The average Bonchev–Trinajstić information content (AvgIpc) is 3.00. The van der Waals surface area contributed by atoms with E-state index in [1.165, 1.54) is 4.90 Å². The zero-order valence-electron chi connectivity index (χ0n) is 16.1. The van der Waals surface area contributed by atoms with E-state index in [1.807, 2.05) is 6.92 Å². The van der Waals surface area contributed by atoms with E-state index in [1.54, 1.807) is 53.8 Å². The largest absolute Gasteiger partial charge is 0.494 e. The van der Waals surface area contributed by atoms with Gasteiger partial charge in [0.2, 0.25) is 5.91 Å². The molecule has 3 N–H and O–H groups in total. The second kappa shape index (κ2) is 9.54. The molecule has 0 radical (unpaired) electrons. The summed E-state index contributed by atoms with van der Waals surface area (Å²) in [5, 5.41) is 5.15. The summed E-state index contributed by atoms with van der Waals surface area (Å²) in [7, 11) is 0. The molecule has 0 unspecified atom stereocenters. The molecule has 3 rings (SSSR count). The number of halogens is 1. The van der Waals surface area contributed by atoms with Crippen molar-refractivity contribution in [2.24, 2.45) is 0 Å². The van der Waals surface area contributed by atoms with E-state index in [0.717, 1.165) is 0 Å². The van der Waals surface area contributed by atoms with Gasteiger partial charge in [-0.2, -0.15) is 0 Å². The first-order chi connectivity index (χ1) is 14.0. The van der Waals surface area contributed by atoms with Crippen molar-refractivity contribution in [3.05, 3.63) is 59.1 Å². The fraction of sp³-hybridized carbons (Fsp3) is 0.286. The van der Waals surface area contributed by atoms with E-state index in [2.05, 4.69) is 5.32 Å². The van der Waals surface area contributed by atoms with Crippen molar-refractivity contribution < 1.29 is 24.4 Å². The normalized spacial score (nSPS) is 16.2. The maximum atomic E-state index is 12.7. The Morgan fingerprint density at radius 3 is 2.52 bits per heavy atom. The molecule has 1 saturated heterocycles. The van der Waals surface area contributed by atoms with Crippen molar-refractivity contribution in [3.63, 3.8) is 0 Å². The molecule has 1 aliphatic rings. The van der Waals surface area contributed by atoms with Gasteiger partial charge in [-0.05, 0) is 55.5 Å².